The summed E-state index contributed by atoms with van der Waals surface area (Å²) in [5.74, 6) is -0.338. The van der Waals surface area contributed by atoms with Crippen LogP contribution in [0.25, 0.3) is 0 Å². The fourth-order valence-electron chi connectivity index (χ4n) is 1.55. The summed E-state index contributed by atoms with van der Waals surface area (Å²) in [7, 11) is 1.77. The highest BCUT2D eigenvalue weighted by molar-refractivity contribution is 8.00. The second kappa shape index (κ2) is 6.75. The van der Waals surface area contributed by atoms with Gasteiger partial charge in [0.2, 0.25) is 5.91 Å². The number of nitro benzene ring substituents is 1. The molecule has 2 aromatic rings. The molecule has 0 aliphatic heterocycles. The van der Waals surface area contributed by atoms with Crippen molar-refractivity contribution >= 4 is 40.6 Å². The van der Waals surface area contributed by atoms with E-state index in [1.165, 1.54) is 36.3 Å². The summed E-state index contributed by atoms with van der Waals surface area (Å²) < 4.78 is 1.69. The number of thioether (sulfide) groups is 1. The number of hydrogen-bond donors (Lipinski definition) is 1. The van der Waals surface area contributed by atoms with Gasteiger partial charge >= 0.3 is 0 Å². The number of nitro groups is 1. The Morgan fingerprint density at radius 3 is 2.86 bits per heavy atom. The van der Waals surface area contributed by atoms with Gasteiger partial charge in [-0.2, -0.15) is 0 Å². The van der Waals surface area contributed by atoms with Gasteiger partial charge in [-0.3, -0.25) is 14.9 Å². The number of hydrogen-bond acceptors (Lipinski definition) is 6. The van der Waals surface area contributed by atoms with E-state index in [2.05, 4.69) is 15.5 Å². The van der Waals surface area contributed by atoms with Crippen molar-refractivity contribution in [3.8, 4) is 0 Å². The quantitative estimate of drug-likeness (QED) is 0.509. The van der Waals surface area contributed by atoms with Gasteiger partial charge < -0.3 is 9.88 Å². The summed E-state index contributed by atoms with van der Waals surface area (Å²) in [5, 5.41) is 21.3. The van der Waals surface area contributed by atoms with Crippen molar-refractivity contribution in [2.45, 2.75) is 17.3 Å². The van der Waals surface area contributed by atoms with Crippen molar-refractivity contribution in [3.63, 3.8) is 0 Å². The van der Waals surface area contributed by atoms with Gasteiger partial charge in [0.1, 0.15) is 6.33 Å². The molecule has 1 aromatic carbocycles. The van der Waals surface area contributed by atoms with E-state index < -0.39 is 10.2 Å². The Hall–Kier alpha value is -2.13. The first-order chi connectivity index (χ1) is 10.4. The molecule has 116 valence electrons. The van der Waals surface area contributed by atoms with Crippen molar-refractivity contribution in [3.05, 3.63) is 39.7 Å². The van der Waals surface area contributed by atoms with Gasteiger partial charge in [0.15, 0.2) is 5.16 Å². The number of carbonyl (C=O) groups excluding carboxylic acids is 1. The van der Waals surface area contributed by atoms with Crippen LogP contribution in [0.4, 0.5) is 11.4 Å². The summed E-state index contributed by atoms with van der Waals surface area (Å²) in [6.07, 6.45) is 1.53. The number of rotatable bonds is 5. The number of anilines is 1. The Morgan fingerprint density at radius 2 is 2.27 bits per heavy atom. The zero-order chi connectivity index (χ0) is 16.3. The van der Waals surface area contributed by atoms with E-state index in [9.17, 15) is 14.9 Å². The summed E-state index contributed by atoms with van der Waals surface area (Å²) in [5.41, 5.74) is 0.0552. The Morgan fingerprint density at radius 1 is 1.55 bits per heavy atom. The van der Waals surface area contributed by atoms with Crippen molar-refractivity contribution in [2.75, 3.05) is 5.32 Å². The maximum absolute atomic E-state index is 12.2. The third-order valence-corrected chi connectivity index (χ3v) is 4.22. The highest BCUT2D eigenvalue weighted by Gasteiger charge is 2.19. The van der Waals surface area contributed by atoms with Crippen LogP contribution in [0.3, 0.4) is 0 Å². The third kappa shape index (κ3) is 3.74. The smallest absolute Gasteiger partial charge is 0.271 e. The summed E-state index contributed by atoms with van der Waals surface area (Å²) in [6, 6.07) is 3.87. The Balaban J connectivity index is 2.09. The predicted octanol–water partition coefficient (Wildman–Crippen LogP) is 2.50. The van der Waals surface area contributed by atoms with Gasteiger partial charge in [-0.1, -0.05) is 23.4 Å². The van der Waals surface area contributed by atoms with E-state index in [0.717, 1.165) is 0 Å². The third-order valence-electron chi connectivity index (χ3n) is 2.74. The molecule has 0 radical (unpaired) electrons. The lowest BCUT2D eigenvalue weighted by Gasteiger charge is -2.12. The molecule has 0 saturated carbocycles. The summed E-state index contributed by atoms with van der Waals surface area (Å²) in [4.78, 5) is 22.4. The number of non-ortho nitro benzene ring substituents is 1. The monoisotopic (exact) mass is 341 g/mol. The van der Waals surface area contributed by atoms with Crippen molar-refractivity contribution in [2.24, 2.45) is 7.05 Å². The van der Waals surface area contributed by atoms with Gasteiger partial charge in [0, 0.05) is 19.2 Å². The molecule has 22 heavy (non-hydrogen) atoms. The van der Waals surface area contributed by atoms with E-state index in [0.29, 0.717) is 5.16 Å². The minimum Gasteiger partial charge on any atom is -0.324 e. The summed E-state index contributed by atoms with van der Waals surface area (Å²) in [6.45, 7) is 1.69. The highest BCUT2D eigenvalue weighted by Crippen LogP contribution is 2.28. The second-order valence-corrected chi connectivity index (χ2v) is 6.11. The average Bonchev–Trinajstić information content (AvgIpc) is 2.86. The molecule has 2 rings (SSSR count). The van der Waals surface area contributed by atoms with Crippen LogP contribution in [0.2, 0.25) is 5.02 Å². The van der Waals surface area contributed by atoms with Gasteiger partial charge in [-0.05, 0) is 13.0 Å². The number of aromatic nitrogens is 3. The van der Waals surface area contributed by atoms with Crippen LogP contribution in [0, 0.1) is 10.1 Å². The molecular weight excluding hydrogens is 330 g/mol. The average molecular weight is 342 g/mol. The molecule has 0 unspecified atom stereocenters. The zero-order valence-electron chi connectivity index (χ0n) is 11.7. The Bertz CT molecular complexity index is 721. The number of carbonyl (C=O) groups is 1. The van der Waals surface area contributed by atoms with Crippen LogP contribution in [0.1, 0.15) is 6.92 Å². The van der Waals surface area contributed by atoms with Gasteiger partial charge in [-0.25, -0.2) is 0 Å². The molecule has 0 spiro atoms. The van der Waals surface area contributed by atoms with E-state index in [4.69, 9.17) is 11.6 Å². The molecule has 0 fully saturated rings. The van der Waals surface area contributed by atoms with Crippen LogP contribution in [-0.4, -0.2) is 30.8 Å². The zero-order valence-corrected chi connectivity index (χ0v) is 13.3. The number of aryl methyl sites for hydroxylation is 1. The number of amides is 1. The van der Waals surface area contributed by atoms with E-state index >= 15 is 0 Å². The molecular formula is C12H12ClN5O3S. The largest absolute Gasteiger partial charge is 0.324 e. The lowest BCUT2D eigenvalue weighted by Crippen LogP contribution is -2.23. The highest BCUT2D eigenvalue weighted by atomic mass is 35.5. The standard InChI is InChI=1S/C12H12ClN5O3S/c1-7(22-12-16-14-6-17(12)2)11(19)15-10-5-8(18(20)21)3-4-9(10)13/h3-7H,1-2H3,(H,15,19)/t7-/m1/s1. The van der Waals surface area contributed by atoms with Crippen molar-refractivity contribution in [1.82, 2.24) is 14.8 Å². The molecule has 8 nitrogen and oxygen atoms in total. The number of nitrogens with zero attached hydrogens (tertiary/aromatic N) is 4. The normalized spacial score (nSPS) is 12.0. The number of nitrogens with one attached hydrogen (secondary N) is 1. The predicted molar refractivity (Wildman–Crippen MR) is 83.1 cm³/mol. The lowest BCUT2D eigenvalue weighted by molar-refractivity contribution is -0.384. The molecule has 0 bridgehead atoms. The Kier molecular flexibility index (Phi) is 4.99. The lowest BCUT2D eigenvalue weighted by atomic mass is 10.2. The molecule has 0 aliphatic rings. The van der Waals surface area contributed by atoms with Crippen LogP contribution in [-0.2, 0) is 11.8 Å². The van der Waals surface area contributed by atoms with Crippen molar-refractivity contribution < 1.29 is 9.72 Å². The van der Waals surface area contributed by atoms with Crippen LogP contribution < -0.4 is 5.32 Å². The van der Waals surface area contributed by atoms with E-state index in [1.807, 2.05) is 0 Å². The van der Waals surface area contributed by atoms with E-state index in [1.54, 1.807) is 18.5 Å². The molecule has 1 heterocycles. The van der Waals surface area contributed by atoms with Crippen molar-refractivity contribution in [1.29, 1.82) is 0 Å². The second-order valence-electron chi connectivity index (χ2n) is 4.40. The Labute approximate surface area is 135 Å². The molecule has 1 amide bonds. The minimum atomic E-state index is -0.552. The SMILES string of the molecule is C[C@@H](Sc1nncn1C)C(=O)Nc1cc([N+](=O)[O-])ccc1Cl. The number of halogens is 1. The first-order valence-corrected chi connectivity index (χ1v) is 7.39. The molecule has 0 aliphatic carbocycles. The topological polar surface area (TPSA) is 103 Å². The minimum absolute atomic E-state index is 0.145. The molecule has 0 saturated heterocycles. The van der Waals surface area contributed by atoms with E-state index in [-0.39, 0.29) is 22.3 Å². The fraction of sp³-hybridized carbons (Fsp3) is 0.250. The van der Waals surface area contributed by atoms with Gasteiger partial charge in [-0.15, -0.1) is 10.2 Å². The fourth-order valence-corrected chi connectivity index (χ4v) is 2.50. The maximum Gasteiger partial charge on any atom is 0.271 e. The molecule has 1 aromatic heterocycles. The first kappa shape index (κ1) is 16.2. The van der Waals surface area contributed by atoms with Crippen LogP contribution in [0.5, 0.6) is 0 Å². The summed E-state index contributed by atoms with van der Waals surface area (Å²) >= 11 is 7.17. The van der Waals surface area contributed by atoms with Gasteiger partial charge in [0.05, 0.1) is 20.9 Å². The molecule has 1 N–H and O–H groups in total. The number of benzene rings is 1. The van der Waals surface area contributed by atoms with Crippen LogP contribution in [0.15, 0.2) is 29.7 Å². The van der Waals surface area contributed by atoms with Crippen LogP contribution >= 0.6 is 23.4 Å². The molecule has 1 atom stereocenters. The first-order valence-electron chi connectivity index (χ1n) is 6.14. The maximum atomic E-state index is 12.2. The molecule has 10 heteroatoms. The van der Waals surface area contributed by atoms with Gasteiger partial charge in [0.25, 0.3) is 5.69 Å².